The molecule has 13 heavy (non-hydrogen) atoms. The Bertz CT molecular complexity index is 521. The number of fused-ring (bicyclic) bond motifs is 1. The van der Waals surface area contributed by atoms with Gasteiger partial charge in [0.2, 0.25) is 0 Å². The van der Waals surface area contributed by atoms with E-state index in [2.05, 4.69) is 0 Å². The molecular weight excluding hydrogens is 170 g/mol. The van der Waals surface area contributed by atoms with Gasteiger partial charge in [-0.1, -0.05) is 0 Å². The van der Waals surface area contributed by atoms with E-state index in [1.165, 1.54) is 10.6 Å². The molecule has 0 aliphatic carbocycles. The van der Waals surface area contributed by atoms with Gasteiger partial charge in [0, 0.05) is 13.1 Å². The molecular formula is C9H9NO3. The molecule has 0 amide bonds. The first-order chi connectivity index (χ1) is 6.09. The smallest absolute Gasteiger partial charge is 0.419 e. The van der Waals surface area contributed by atoms with Crippen LogP contribution in [-0.2, 0) is 7.05 Å². The van der Waals surface area contributed by atoms with E-state index < -0.39 is 5.76 Å². The second-order valence-electron chi connectivity index (χ2n) is 3.04. The minimum absolute atomic E-state index is 0.140. The van der Waals surface area contributed by atoms with E-state index in [4.69, 9.17) is 4.42 Å². The molecule has 0 saturated carbocycles. The van der Waals surface area contributed by atoms with Crippen LogP contribution in [-0.4, -0.2) is 9.67 Å². The van der Waals surface area contributed by atoms with Crippen LogP contribution in [0.3, 0.4) is 0 Å². The van der Waals surface area contributed by atoms with Crippen LogP contribution in [0.2, 0.25) is 0 Å². The van der Waals surface area contributed by atoms with Gasteiger partial charge < -0.3 is 9.52 Å². The molecule has 0 atom stereocenters. The summed E-state index contributed by atoms with van der Waals surface area (Å²) in [5.41, 5.74) is 1.90. The van der Waals surface area contributed by atoms with Gasteiger partial charge in [0.1, 0.15) is 5.75 Å². The fourth-order valence-electron chi connectivity index (χ4n) is 1.37. The normalized spacial score (nSPS) is 10.9. The van der Waals surface area contributed by atoms with Gasteiger partial charge in [-0.3, -0.25) is 4.57 Å². The molecule has 0 spiro atoms. The van der Waals surface area contributed by atoms with Gasteiger partial charge >= 0.3 is 5.76 Å². The fourth-order valence-corrected chi connectivity index (χ4v) is 1.37. The van der Waals surface area contributed by atoms with E-state index >= 15 is 0 Å². The summed E-state index contributed by atoms with van der Waals surface area (Å²) in [6.07, 6.45) is 0. The highest BCUT2D eigenvalue weighted by Gasteiger charge is 2.08. The molecule has 1 N–H and O–H groups in total. The maximum atomic E-state index is 11.1. The number of hydrogen-bond acceptors (Lipinski definition) is 3. The number of oxazole rings is 1. The van der Waals surface area contributed by atoms with E-state index in [-0.39, 0.29) is 5.75 Å². The first-order valence-corrected chi connectivity index (χ1v) is 3.89. The van der Waals surface area contributed by atoms with Crippen LogP contribution in [0.4, 0.5) is 0 Å². The standard InChI is InChI=1S/C9H9NO3/c1-5-3-6(11)4-7-8(5)13-9(12)10(7)2/h3-4,11H,1-2H3. The Morgan fingerprint density at radius 3 is 2.85 bits per heavy atom. The monoisotopic (exact) mass is 179 g/mol. The molecule has 68 valence electrons. The summed E-state index contributed by atoms with van der Waals surface area (Å²) >= 11 is 0. The Morgan fingerprint density at radius 2 is 2.15 bits per heavy atom. The number of hydrogen-bond donors (Lipinski definition) is 1. The van der Waals surface area contributed by atoms with E-state index in [0.717, 1.165) is 5.56 Å². The zero-order valence-electron chi connectivity index (χ0n) is 7.37. The Balaban J connectivity index is 3.03. The Labute approximate surface area is 74.0 Å². The molecule has 4 nitrogen and oxygen atoms in total. The number of aromatic nitrogens is 1. The van der Waals surface area contributed by atoms with Crippen molar-refractivity contribution >= 4 is 11.1 Å². The third-order valence-electron chi connectivity index (χ3n) is 2.06. The summed E-state index contributed by atoms with van der Waals surface area (Å²) in [6.45, 7) is 1.78. The van der Waals surface area contributed by atoms with Gasteiger partial charge in [-0.2, -0.15) is 0 Å². The summed E-state index contributed by atoms with van der Waals surface area (Å²) in [5.74, 6) is -0.273. The zero-order valence-corrected chi connectivity index (χ0v) is 7.37. The lowest BCUT2D eigenvalue weighted by atomic mass is 10.2. The van der Waals surface area contributed by atoms with E-state index in [0.29, 0.717) is 11.1 Å². The summed E-state index contributed by atoms with van der Waals surface area (Å²) in [5, 5.41) is 9.29. The molecule has 0 fully saturated rings. The molecule has 4 heteroatoms. The predicted molar refractivity (Wildman–Crippen MR) is 47.9 cm³/mol. The van der Waals surface area contributed by atoms with Crippen LogP contribution in [0.15, 0.2) is 21.3 Å². The van der Waals surface area contributed by atoms with Crippen molar-refractivity contribution in [2.24, 2.45) is 7.05 Å². The van der Waals surface area contributed by atoms with Crippen LogP contribution in [0.1, 0.15) is 5.56 Å². The maximum absolute atomic E-state index is 11.1. The second kappa shape index (κ2) is 2.39. The quantitative estimate of drug-likeness (QED) is 0.659. The molecule has 1 aromatic heterocycles. The van der Waals surface area contributed by atoms with Crippen molar-refractivity contribution in [2.45, 2.75) is 6.92 Å². The first-order valence-electron chi connectivity index (χ1n) is 3.89. The molecule has 0 radical (unpaired) electrons. The average molecular weight is 179 g/mol. The van der Waals surface area contributed by atoms with Crippen molar-refractivity contribution < 1.29 is 9.52 Å². The zero-order chi connectivity index (χ0) is 9.59. The highest BCUT2D eigenvalue weighted by molar-refractivity contribution is 5.78. The molecule has 2 aromatic rings. The second-order valence-corrected chi connectivity index (χ2v) is 3.04. The SMILES string of the molecule is Cc1cc(O)cc2c1oc(=O)n2C. The minimum atomic E-state index is -0.413. The first kappa shape index (κ1) is 7.91. The molecule has 0 unspecified atom stereocenters. The van der Waals surface area contributed by atoms with Crippen molar-refractivity contribution in [3.8, 4) is 5.75 Å². The topological polar surface area (TPSA) is 55.4 Å². The van der Waals surface area contributed by atoms with E-state index in [1.54, 1.807) is 20.0 Å². The Kier molecular flexibility index (Phi) is 1.45. The molecule has 0 bridgehead atoms. The van der Waals surface area contributed by atoms with Crippen LogP contribution in [0, 0.1) is 6.92 Å². The van der Waals surface area contributed by atoms with Crippen LogP contribution in [0.5, 0.6) is 5.75 Å². The van der Waals surface area contributed by atoms with Crippen molar-refractivity contribution in [1.82, 2.24) is 4.57 Å². The number of phenolic OH excluding ortho intramolecular Hbond substituents is 1. The van der Waals surface area contributed by atoms with Gasteiger partial charge in [-0.15, -0.1) is 0 Å². The highest BCUT2D eigenvalue weighted by Crippen LogP contribution is 2.22. The van der Waals surface area contributed by atoms with Crippen molar-refractivity contribution in [2.75, 3.05) is 0 Å². The van der Waals surface area contributed by atoms with Gasteiger partial charge in [0.05, 0.1) is 5.52 Å². The maximum Gasteiger partial charge on any atom is 0.419 e. The molecule has 0 aliphatic heterocycles. The van der Waals surface area contributed by atoms with E-state index in [1.807, 2.05) is 0 Å². The molecule has 0 saturated heterocycles. The number of aryl methyl sites for hydroxylation is 2. The molecule has 2 rings (SSSR count). The highest BCUT2D eigenvalue weighted by atomic mass is 16.4. The third-order valence-corrected chi connectivity index (χ3v) is 2.06. The number of phenols is 1. The molecule has 1 heterocycles. The van der Waals surface area contributed by atoms with Gasteiger partial charge in [-0.25, -0.2) is 4.79 Å². The lowest BCUT2D eigenvalue weighted by Crippen LogP contribution is -2.08. The Morgan fingerprint density at radius 1 is 1.46 bits per heavy atom. The lowest BCUT2D eigenvalue weighted by Gasteiger charge is -1.96. The fraction of sp³-hybridized carbons (Fsp3) is 0.222. The number of benzene rings is 1. The van der Waals surface area contributed by atoms with Gasteiger partial charge in [-0.05, 0) is 18.6 Å². The van der Waals surface area contributed by atoms with Crippen LogP contribution < -0.4 is 5.76 Å². The largest absolute Gasteiger partial charge is 0.508 e. The van der Waals surface area contributed by atoms with Crippen molar-refractivity contribution in [3.63, 3.8) is 0 Å². The number of nitrogens with zero attached hydrogens (tertiary/aromatic N) is 1. The van der Waals surface area contributed by atoms with Gasteiger partial charge in [0.25, 0.3) is 0 Å². The van der Waals surface area contributed by atoms with Gasteiger partial charge in [0.15, 0.2) is 5.58 Å². The lowest BCUT2D eigenvalue weighted by molar-refractivity contribution is 0.475. The Hall–Kier alpha value is -1.71. The van der Waals surface area contributed by atoms with E-state index in [9.17, 15) is 9.90 Å². The van der Waals surface area contributed by atoms with Crippen molar-refractivity contribution in [1.29, 1.82) is 0 Å². The predicted octanol–water partition coefficient (Wildman–Crippen LogP) is 1.15. The van der Waals surface area contributed by atoms with Crippen LogP contribution >= 0.6 is 0 Å². The summed E-state index contributed by atoms with van der Waals surface area (Å²) in [7, 11) is 1.60. The van der Waals surface area contributed by atoms with Crippen LogP contribution in [0.25, 0.3) is 11.1 Å². The minimum Gasteiger partial charge on any atom is -0.508 e. The molecule has 0 aliphatic rings. The third kappa shape index (κ3) is 1.02. The average Bonchev–Trinajstić information content (AvgIpc) is 2.32. The summed E-state index contributed by atoms with van der Waals surface area (Å²) in [6, 6.07) is 3.07. The summed E-state index contributed by atoms with van der Waals surface area (Å²) in [4.78, 5) is 11.1. The summed E-state index contributed by atoms with van der Waals surface area (Å²) < 4.78 is 6.34. The molecule has 1 aromatic carbocycles. The van der Waals surface area contributed by atoms with Crippen molar-refractivity contribution in [3.05, 3.63) is 28.2 Å². The number of rotatable bonds is 0. The number of aromatic hydroxyl groups is 1.